The van der Waals surface area contributed by atoms with E-state index in [0.29, 0.717) is 12.1 Å². The summed E-state index contributed by atoms with van der Waals surface area (Å²) in [6.07, 6.45) is 4.14. The van der Waals surface area contributed by atoms with Crippen LogP contribution in [0.5, 0.6) is 0 Å². The minimum atomic E-state index is 0.508. The Morgan fingerprint density at radius 2 is 2.33 bits per heavy atom. The first-order valence-electron chi connectivity index (χ1n) is 6.38. The van der Waals surface area contributed by atoms with Crippen LogP contribution in [0.2, 0.25) is 0 Å². The lowest BCUT2D eigenvalue weighted by Gasteiger charge is -2.41. The number of hydrogen-bond acceptors (Lipinski definition) is 3. The summed E-state index contributed by atoms with van der Waals surface area (Å²) in [4.78, 5) is 2.66. The van der Waals surface area contributed by atoms with Crippen molar-refractivity contribution in [2.75, 3.05) is 26.2 Å². The van der Waals surface area contributed by atoms with E-state index in [1.165, 1.54) is 25.9 Å². The van der Waals surface area contributed by atoms with Crippen LogP contribution in [-0.4, -0.2) is 49.3 Å². The highest BCUT2D eigenvalue weighted by Crippen LogP contribution is 2.21. The fraction of sp³-hybridized carbons (Fsp3) is 1.00. The monoisotopic (exact) mass is 212 g/mol. The van der Waals surface area contributed by atoms with Gasteiger partial charge in [0.2, 0.25) is 0 Å². The minimum Gasteiger partial charge on any atom is -0.378 e. The summed E-state index contributed by atoms with van der Waals surface area (Å²) in [5.74, 6) is 0. The molecule has 2 aliphatic heterocycles. The molecule has 0 radical (unpaired) electrons. The van der Waals surface area contributed by atoms with Gasteiger partial charge >= 0.3 is 0 Å². The Labute approximate surface area is 93.2 Å². The molecule has 0 saturated carbocycles. The van der Waals surface area contributed by atoms with E-state index < -0.39 is 0 Å². The molecular formula is C12H24N2O. The van der Waals surface area contributed by atoms with Crippen molar-refractivity contribution in [3.8, 4) is 0 Å². The largest absolute Gasteiger partial charge is 0.378 e. The Balaban J connectivity index is 1.86. The average Bonchev–Trinajstić information content (AvgIpc) is 2.29. The second kappa shape index (κ2) is 5.28. The van der Waals surface area contributed by atoms with Gasteiger partial charge in [0.05, 0.1) is 6.10 Å². The van der Waals surface area contributed by atoms with Gasteiger partial charge in [0.1, 0.15) is 0 Å². The van der Waals surface area contributed by atoms with E-state index in [9.17, 15) is 0 Å². The van der Waals surface area contributed by atoms with E-state index >= 15 is 0 Å². The highest BCUT2D eigenvalue weighted by molar-refractivity contribution is 4.84. The molecule has 2 saturated heterocycles. The fourth-order valence-corrected chi connectivity index (χ4v) is 2.77. The molecule has 0 bridgehead atoms. The van der Waals surface area contributed by atoms with Crippen molar-refractivity contribution < 1.29 is 4.74 Å². The molecule has 2 rings (SSSR count). The second-order valence-corrected chi connectivity index (χ2v) is 4.93. The van der Waals surface area contributed by atoms with Gasteiger partial charge in [-0.1, -0.05) is 6.92 Å². The predicted octanol–water partition coefficient (Wildman–Crippen LogP) is 1.24. The van der Waals surface area contributed by atoms with E-state index in [4.69, 9.17) is 4.74 Å². The summed E-state index contributed by atoms with van der Waals surface area (Å²) < 4.78 is 5.73. The van der Waals surface area contributed by atoms with Gasteiger partial charge in [0.15, 0.2) is 0 Å². The van der Waals surface area contributed by atoms with Crippen LogP contribution in [0.15, 0.2) is 0 Å². The average molecular weight is 212 g/mol. The van der Waals surface area contributed by atoms with E-state index in [1.54, 1.807) is 0 Å². The number of nitrogens with zero attached hydrogens (tertiary/aromatic N) is 1. The SMILES string of the molecule is CCC1CC(N2CCNC(C)C2)CCO1. The van der Waals surface area contributed by atoms with Crippen LogP contribution in [0, 0.1) is 0 Å². The van der Waals surface area contributed by atoms with Gasteiger partial charge in [-0.25, -0.2) is 0 Å². The van der Waals surface area contributed by atoms with Crippen molar-refractivity contribution in [3.05, 3.63) is 0 Å². The van der Waals surface area contributed by atoms with Crippen molar-refractivity contribution in [2.45, 2.75) is 51.3 Å². The summed E-state index contributed by atoms with van der Waals surface area (Å²) in [6, 6.07) is 1.43. The third-order valence-electron chi connectivity index (χ3n) is 3.71. The van der Waals surface area contributed by atoms with Crippen LogP contribution in [0.1, 0.15) is 33.1 Å². The molecule has 0 aliphatic carbocycles. The molecule has 15 heavy (non-hydrogen) atoms. The molecule has 0 aromatic carbocycles. The van der Waals surface area contributed by atoms with Crippen LogP contribution < -0.4 is 5.32 Å². The Kier molecular flexibility index (Phi) is 4.00. The number of nitrogens with one attached hydrogen (secondary N) is 1. The second-order valence-electron chi connectivity index (χ2n) is 4.93. The molecule has 3 unspecified atom stereocenters. The van der Waals surface area contributed by atoms with Crippen LogP contribution in [-0.2, 0) is 4.74 Å². The van der Waals surface area contributed by atoms with Crippen molar-refractivity contribution in [2.24, 2.45) is 0 Å². The van der Waals surface area contributed by atoms with Gasteiger partial charge in [-0.3, -0.25) is 4.90 Å². The summed E-state index contributed by atoms with van der Waals surface area (Å²) in [7, 11) is 0. The maximum Gasteiger partial charge on any atom is 0.0587 e. The molecule has 88 valence electrons. The molecular weight excluding hydrogens is 188 g/mol. The lowest BCUT2D eigenvalue weighted by Crippen LogP contribution is -2.54. The number of hydrogen-bond donors (Lipinski definition) is 1. The first kappa shape index (κ1) is 11.4. The number of rotatable bonds is 2. The van der Waals surface area contributed by atoms with Gasteiger partial charge in [-0.15, -0.1) is 0 Å². The zero-order valence-corrected chi connectivity index (χ0v) is 10.0. The predicted molar refractivity (Wildman–Crippen MR) is 62.1 cm³/mol. The molecule has 3 nitrogen and oxygen atoms in total. The molecule has 2 aliphatic rings. The van der Waals surface area contributed by atoms with E-state index in [-0.39, 0.29) is 0 Å². The van der Waals surface area contributed by atoms with Crippen molar-refractivity contribution in [1.82, 2.24) is 10.2 Å². The van der Waals surface area contributed by atoms with Crippen molar-refractivity contribution in [3.63, 3.8) is 0 Å². The number of ether oxygens (including phenoxy) is 1. The molecule has 2 heterocycles. The van der Waals surface area contributed by atoms with Gasteiger partial charge in [-0.05, 0) is 26.2 Å². The Morgan fingerprint density at radius 3 is 3.07 bits per heavy atom. The Hall–Kier alpha value is -0.120. The van der Waals surface area contributed by atoms with Crippen LogP contribution in [0.25, 0.3) is 0 Å². The molecule has 0 aromatic rings. The quantitative estimate of drug-likeness (QED) is 0.745. The van der Waals surface area contributed by atoms with E-state index in [0.717, 1.165) is 25.6 Å². The molecule has 0 aromatic heterocycles. The topological polar surface area (TPSA) is 24.5 Å². The van der Waals surface area contributed by atoms with Gasteiger partial charge in [-0.2, -0.15) is 0 Å². The maximum atomic E-state index is 5.73. The smallest absolute Gasteiger partial charge is 0.0587 e. The summed E-state index contributed by atoms with van der Waals surface area (Å²) in [6.45, 7) is 9.04. The standard InChI is InChI=1S/C12H24N2O/c1-3-12-8-11(4-7-15-12)14-6-5-13-10(2)9-14/h10-13H,3-9H2,1-2H3. The first-order valence-corrected chi connectivity index (χ1v) is 6.38. The number of piperazine rings is 1. The van der Waals surface area contributed by atoms with Crippen LogP contribution in [0.4, 0.5) is 0 Å². The molecule has 3 atom stereocenters. The zero-order chi connectivity index (χ0) is 10.7. The van der Waals surface area contributed by atoms with Crippen molar-refractivity contribution in [1.29, 1.82) is 0 Å². The van der Waals surface area contributed by atoms with E-state index in [2.05, 4.69) is 24.1 Å². The first-order chi connectivity index (χ1) is 7.29. The lowest BCUT2D eigenvalue weighted by molar-refractivity contribution is -0.0329. The third-order valence-corrected chi connectivity index (χ3v) is 3.71. The van der Waals surface area contributed by atoms with Gasteiger partial charge in [0, 0.05) is 38.3 Å². The summed E-state index contributed by atoms with van der Waals surface area (Å²) in [5, 5.41) is 3.50. The molecule has 0 spiro atoms. The molecule has 3 heteroatoms. The van der Waals surface area contributed by atoms with Crippen LogP contribution >= 0.6 is 0 Å². The fourth-order valence-electron chi connectivity index (χ4n) is 2.77. The van der Waals surface area contributed by atoms with Gasteiger partial charge in [0.25, 0.3) is 0 Å². The highest BCUT2D eigenvalue weighted by Gasteiger charge is 2.28. The lowest BCUT2D eigenvalue weighted by atomic mass is 9.99. The highest BCUT2D eigenvalue weighted by atomic mass is 16.5. The minimum absolute atomic E-state index is 0.508. The summed E-state index contributed by atoms with van der Waals surface area (Å²) >= 11 is 0. The summed E-state index contributed by atoms with van der Waals surface area (Å²) in [5.41, 5.74) is 0. The molecule has 1 N–H and O–H groups in total. The van der Waals surface area contributed by atoms with Crippen molar-refractivity contribution >= 4 is 0 Å². The maximum absolute atomic E-state index is 5.73. The zero-order valence-electron chi connectivity index (χ0n) is 10.0. The normalized spacial score (nSPS) is 39.2. The van der Waals surface area contributed by atoms with Crippen LogP contribution in [0.3, 0.4) is 0 Å². The Bertz CT molecular complexity index is 198. The molecule has 2 fully saturated rings. The third kappa shape index (κ3) is 2.92. The van der Waals surface area contributed by atoms with Gasteiger partial charge < -0.3 is 10.1 Å². The van der Waals surface area contributed by atoms with E-state index in [1.807, 2.05) is 0 Å². The molecule has 0 amide bonds. The Morgan fingerprint density at radius 1 is 1.47 bits per heavy atom.